The van der Waals surface area contributed by atoms with E-state index in [1.165, 1.54) is 9.96 Å². The minimum Gasteiger partial charge on any atom is -0.353 e. The van der Waals surface area contributed by atoms with Gasteiger partial charge >= 0.3 is 6.03 Å². The average molecular weight is 374 g/mol. The van der Waals surface area contributed by atoms with Crippen LogP contribution in [0.4, 0.5) is 4.79 Å². The smallest absolute Gasteiger partial charge is 0.345 e. The Morgan fingerprint density at radius 3 is 2.78 bits per heavy atom. The molecule has 3 aliphatic rings. The second-order valence-electron chi connectivity index (χ2n) is 6.98. The number of urea groups is 1. The van der Waals surface area contributed by atoms with Gasteiger partial charge in [-0.15, -0.1) is 0 Å². The molecule has 9 nitrogen and oxygen atoms in total. The number of benzene rings is 1. The molecule has 0 spiro atoms. The van der Waals surface area contributed by atoms with E-state index in [1.54, 1.807) is 0 Å². The first-order valence-electron chi connectivity index (χ1n) is 9.10. The van der Waals surface area contributed by atoms with Crippen molar-refractivity contribution in [2.45, 2.75) is 44.1 Å². The van der Waals surface area contributed by atoms with Crippen molar-refractivity contribution in [3.8, 4) is 0 Å². The predicted molar refractivity (Wildman–Crippen MR) is 92.6 cm³/mol. The van der Waals surface area contributed by atoms with Crippen LogP contribution in [0.2, 0.25) is 0 Å². The normalized spacial score (nSPS) is 27.0. The van der Waals surface area contributed by atoms with E-state index in [1.807, 2.05) is 30.3 Å². The molecule has 2 bridgehead atoms. The van der Waals surface area contributed by atoms with Crippen LogP contribution in [-0.4, -0.2) is 59.1 Å². The van der Waals surface area contributed by atoms with E-state index in [0.717, 1.165) is 5.56 Å². The lowest BCUT2D eigenvalue weighted by atomic mass is 10.0. The zero-order valence-corrected chi connectivity index (χ0v) is 14.8. The lowest BCUT2D eigenvalue weighted by Gasteiger charge is -2.29. The number of carbonyl (C=O) groups is 3. The number of piperidine rings is 1. The summed E-state index contributed by atoms with van der Waals surface area (Å²) in [4.78, 5) is 48.9. The lowest BCUT2D eigenvalue weighted by Crippen LogP contribution is -2.50. The molecule has 27 heavy (non-hydrogen) atoms. The molecule has 0 aliphatic carbocycles. The van der Waals surface area contributed by atoms with Gasteiger partial charge < -0.3 is 10.2 Å². The van der Waals surface area contributed by atoms with Gasteiger partial charge in [0.25, 0.3) is 5.91 Å². The number of hydroxylamine groups is 3. The van der Waals surface area contributed by atoms with Crippen LogP contribution >= 0.6 is 0 Å². The molecule has 1 aromatic carbocycles. The number of amides is 4. The highest BCUT2D eigenvalue weighted by molar-refractivity contribution is 5.88. The molecular weight excluding hydrogens is 352 g/mol. The van der Waals surface area contributed by atoms with Crippen LogP contribution in [0.1, 0.15) is 24.8 Å². The first-order chi connectivity index (χ1) is 13.1. The van der Waals surface area contributed by atoms with Gasteiger partial charge in [0.2, 0.25) is 5.91 Å². The highest BCUT2D eigenvalue weighted by Gasteiger charge is 2.48. The zero-order valence-electron chi connectivity index (χ0n) is 14.8. The van der Waals surface area contributed by atoms with Crippen molar-refractivity contribution < 1.29 is 24.1 Å². The third-order valence-electron chi connectivity index (χ3n) is 5.10. The predicted octanol–water partition coefficient (Wildman–Crippen LogP) is 0.323. The number of carbonyl (C=O) groups excluding carboxylic acids is 3. The molecule has 3 atom stereocenters. The van der Waals surface area contributed by atoms with Crippen molar-refractivity contribution in [1.29, 1.82) is 0 Å². The number of rotatable bonds is 6. The Balaban J connectivity index is 1.32. The van der Waals surface area contributed by atoms with E-state index in [4.69, 9.17) is 9.68 Å². The molecule has 4 amide bonds. The van der Waals surface area contributed by atoms with Crippen molar-refractivity contribution >= 4 is 17.8 Å². The number of nitrogens with one attached hydrogen (secondary N) is 2. The molecule has 3 unspecified atom stereocenters. The van der Waals surface area contributed by atoms with Crippen molar-refractivity contribution in [1.82, 2.24) is 20.8 Å². The van der Waals surface area contributed by atoms with Gasteiger partial charge in [0.15, 0.2) is 0 Å². The number of nitrogens with zero attached hydrogens (tertiary/aromatic N) is 2. The van der Waals surface area contributed by atoms with E-state index >= 15 is 0 Å². The highest BCUT2D eigenvalue weighted by atomic mass is 16.7. The van der Waals surface area contributed by atoms with Gasteiger partial charge in [-0.1, -0.05) is 30.3 Å². The Kier molecular flexibility index (Phi) is 4.95. The summed E-state index contributed by atoms with van der Waals surface area (Å²) in [5.41, 5.74) is 3.38. The Bertz CT molecular complexity index is 728. The highest BCUT2D eigenvalue weighted by Crippen LogP contribution is 2.30. The lowest BCUT2D eigenvalue weighted by molar-refractivity contribution is -0.144. The largest absolute Gasteiger partial charge is 0.353 e. The van der Waals surface area contributed by atoms with Crippen molar-refractivity contribution in [3.63, 3.8) is 0 Å². The summed E-state index contributed by atoms with van der Waals surface area (Å²) in [6.07, 6.45) is 1.06. The molecule has 144 valence electrons. The maximum Gasteiger partial charge on any atom is 0.345 e. The van der Waals surface area contributed by atoms with Crippen LogP contribution in [-0.2, 0) is 25.9 Å². The molecule has 3 saturated heterocycles. The summed E-state index contributed by atoms with van der Waals surface area (Å²) in [5.74, 6) is -0.471. The third-order valence-corrected chi connectivity index (χ3v) is 5.10. The van der Waals surface area contributed by atoms with Gasteiger partial charge in [-0.05, 0) is 18.4 Å². The van der Waals surface area contributed by atoms with Crippen LogP contribution in [0.15, 0.2) is 30.3 Å². The average Bonchev–Trinajstić information content (AvgIpc) is 3.21. The summed E-state index contributed by atoms with van der Waals surface area (Å²) >= 11 is 0. The molecule has 3 aliphatic heterocycles. The molecule has 4 rings (SSSR count). The maximum absolute atomic E-state index is 12.7. The van der Waals surface area contributed by atoms with E-state index in [9.17, 15) is 14.4 Å². The molecule has 0 saturated carbocycles. The van der Waals surface area contributed by atoms with Crippen LogP contribution in [0.25, 0.3) is 0 Å². The Labute approximate surface area is 156 Å². The minimum absolute atomic E-state index is 0.0529. The number of hydrogen-bond acceptors (Lipinski definition) is 5. The summed E-state index contributed by atoms with van der Waals surface area (Å²) in [6.45, 7) is 1.13. The van der Waals surface area contributed by atoms with Crippen LogP contribution < -0.4 is 10.8 Å². The van der Waals surface area contributed by atoms with Gasteiger partial charge in [0.1, 0.15) is 18.8 Å². The first-order valence-corrected chi connectivity index (χ1v) is 9.10. The Morgan fingerprint density at radius 2 is 2.04 bits per heavy atom. The second-order valence-corrected chi connectivity index (χ2v) is 6.98. The third kappa shape index (κ3) is 3.74. The van der Waals surface area contributed by atoms with E-state index in [0.29, 0.717) is 32.5 Å². The van der Waals surface area contributed by atoms with Gasteiger partial charge in [0, 0.05) is 13.1 Å². The second kappa shape index (κ2) is 7.53. The molecule has 2 N–H and O–H groups in total. The van der Waals surface area contributed by atoms with Crippen molar-refractivity contribution in [2.75, 3.05) is 13.1 Å². The van der Waals surface area contributed by atoms with Crippen molar-refractivity contribution in [3.05, 3.63) is 35.9 Å². The quantitative estimate of drug-likeness (QED) is 0.699. The standard InChI is InChI=1S/C18H22N4O5/c23-16-8-14(9-19-16)27-20-17(24)15-7-6-13-10-21(15)18(25)22(13)26-11-12-4-2-1-3-5-12/h1-5,13-15H,6-11H2,(H,19,23)(H,20,24). The maximum atomic E-state index is 12.7. The fraction of sp³-hybridized carbons (Fsp3) is 0.500. The topological polar surface area (TPSA) is 100 Å². The zero-order chi connectivity index (χ0) is 18.8. The van der Waals surface area contributed by atoms with Crippen molar-refractivity contribution in [2.24, 2.45) is 0 Å². The van der Waals surface area contributed by atoms with E-state index in [2.05, 4.69) is 10.8 Å². The Morgan fingerprint density at radius 1 is 1.22 bits per heavy atom. The Hall–Kier alpha value is -2.65. The van der Waals surface area contributed by atoms with E-state index in [-0.39, 0.29) is 36.4 Å². The number of hydrogen-bond donors (Lipinski definition) is 2. The molecular formula is C18H22N4O5. The fourth-order valence-corrected chi connectivity index (χ4v) is 3.66. The van der Waals surface area contributed by atoms with Crippen LogP contribution in [0, 0.1) is 0 Å². The summed E-state index contributed by atoms with van der Waals surface area (Å²) in [7, 11) is 0. The molecule has 0 radical (unpaired) electrons. The van der Waals surface area contributed by atoms with Gasteiger partial charge in [-0.3, -0.25) is 19.3 Å². The van der Waals surface area contributed by atoms with Gasteiger partial charge in [-0.2, -0.15) is 5.06 Å². The fourth-order valence-electron chi connectivity index (χ4n) is 3.66. The first kappa shape index (κ1) is 17.7. The van der Waals surface area contributed by atoms with Crippen LogP contribution in [0.3, 0.4) is 0 Å². The summed E-state index contributed by atoms with van der Waals surface area (Å²) in [6, 6.07) is 8.68. The van der Waals surface area contributed by atoms with Crippen LogP contribution in [0.5, 0.6) is 0 Å². The molecule has 1 aromatic rings. The molecule has 3 fully saturated rings. The SMILES string of the molecule is O=C1CC(ONC(=O)C2CCC3CN2C(=O)N3OCc2ccccc2)CN1. The summed E-state index contributed by atoms with van der Waals surface area (Å²) < 4.78 is 0. The molecule has 0 aromatic heterocycles. The molecule has 9 heteroatoms. The van der Waals surface area contributed by atoms with E-state index < -0.39 is 6.04 Å². The minimum atomic E-state index is -0.593. The monoisotopic (exact) mass is 374 g/mol. The number of fused-ring (bicyclic) bond motifs is 2. The summed E-state index contributed by atoms with van der Waals surface area (Å²) in [5, 5.41) is 4.03. The van der Waals surface area contributed by atoms with Gasteiger partial charge in [-0.25, -0.2) is 10.3 Å². The van der Waals surface area contributed by atoms with Gasteiger partial charge in [0.05, 0.1) is 12.5 Å². The molecule has 3 heterocycles.